The van der Waals surface area contributed by atoms with Crippen molar-refractivity contribution in [3.8, 4) is 0 Å². The topological polar surface area (TPSA) is 0 Å². The van der Waals surface area contributed by atoms with Crippen LogP contribution in [0.5, 0.6) is 0 Å². The minimum absolute atomic E-state index is 0. The number of hydrogen-bond donors (Lipinski definition) is 0. The summed E-state index contributed by atoms with van der Waals surface area (Å²) >= 11 is 0. The van der Waals surface area contributed by atoms with E-state index >= 15 is 0 Å². The average Bonchev–Trinajstić information content (AvgIpc) is 0. The summed E-state index contributed by atoms with van der Waals surface area (Å²) in [5, 5.41) is 0. The average molecular weight is 336 g/mol. The van der Waals surface area contributed by atoms with Gasteiger partial charge in [0.15, 0.2) is 0 Å². The summed E-state index contributed by atoms with van der Waals surface area (Å²) in [5.41, 5.74) is 0. The second-order valence-electron chi connectivity index (χ2n) is 0. The molecule has 0 aliphatic heterocycles. The van der Waals surface area contributed by atoms with E-state index in [9.17, 15) is 0 Å². The van der Waals surface area contributed by atoms with E-state index in [2.05, 4.69) is 0 Å². The van der Waals surface area contributed by atoms with E-state index in [1.54, 1.807) is 0 Å². The van der Waals surface area contributed by atoms with Gasteiger partial charge in [-0.2, -0.15) is 13.5 Å². The molecule has 0 saturated carbocycles. The molecule has 0 amide bonds. The molecule has 0 nitrogen and oxygen atoms in total. The third-order valence-corrected chi connectivity index (χ3v) is 0. The summed E-state index contributed by atoms with van der Waals surface area (Å²) in [6, 6.07) is 0. The van der Waals surface area contributed by atoms with Gasteiger partial charge in [-0.1, -0.05) is 0 Å². The zero-order valence-corrected chi connectivity index (χ0v) is 7.49. The molecule has 0 fully saturated rings. The van der Waals surface area contributed by atoms with Crippen molar-refractivity contribution in [1.82, 2.24) is 0 Å². The number of rotatable bonds is 0. The molecule has 0 aliphatic carbocycles. The van der Waals surface area contributed by atoms with Gasteiger partial charge < -0.3 is 0 Å². The summed E-state index contributed by atoms with van der Waals surface area (Å²) in [7, 11) is 0. The Morgan fingerprint density at radius 2 is 1.00 bits per heavy atom. The van der Waals surface area contributed by atoms with Crippen LogP contribution in [0.25, 0.3) is 0 Å². The second kappa shape index (κ2) is 17.7. The van der Waals surface area contributed by atoms with E-state index in [-0.39, 0.29) is 80.3 Å². The zero-order valence-electron chi connectivity index (χ0n) is 1.51. The molecule has 0 aromatic heterocycles. The molecule has 0 aromatic carbocycles. The standard InChI is InChI=1S/Cu.In.H2S.Sn.5H/h;;1H2;;;;;;. The van der Waals surface area contributed by atoms with Crippen molar-refractivity contribution < 1.29 is 17.1 Å². The van der Waals surface area contributed by atoms with Gasteiger partial charge in [0, 0.05) is 17.1 Å². The normalized spacial score (nSPS) is 0. The third-order valence-electron chi connectivity index (χ3n) is 0. The Kier molecular flexibility index (Phi) is 138. The molecule has 0 unspecified atom stereocenters. The third kappa shape index (κ3) is 8.82. The van der Waals surface area contributed by atoms with E-state index in [4.69, 9.17) is 0 Å². The fourth-order valence-electron chi connectivity index (χ4n) is 0. The summed E-state index contributed by atoms with van der Waals surface area (Å²) in [4.78, 5) is 0. The molecule has 0 aromatic rings. The Labute approximate surface area is 79.1 Å². The van der Waals surface area contributed by atoms with Crippen molar-refractivity contribution in [2.45, 2.75) is 0 Å². The second-order valence-corrected chi connectivity index (χ2v) is 0. The predicted octanol–water partition coefficient (Wildman–Crippen LogP) is -1.99. The number of hydrogen-bond acceptors (Lipinski definition) is 0. The first-order chi connectivity index (χ1) is 0. The first kappa shape index (κ1) is 31.1. The molecule has 0 aliphatic rings. The molecule has 3 radical (unpaired) electrons. The van der Waals surface area contributed by atoms with Crippen LogP contribution in [0.2, 0.25) is 0 Å². The Balaban J connectivity index is 0. The van der Waals surface area contributed by atoms with Crippen LogP contribution < -0.4 is 0 Å². The fourth-order valence-corrected chi connectivity index (χ4v) is 0. The van der Waals surface area contributed by atoms with Crippen LogP contribution >= 0.6 is 13.5 Å². The Morgan fingerprint density at radius 1 is 1.00 bits per heavy atom. The van der Waals surface area contributed by atoms with Gasteiger partial charge in [0.1, 0.15) is 0 Å². The molecule has 0 bridgehead atoms. The van der Waals surface area contributed by atoms with Crippen LogP contribution in [-0.2, 0) is 17.1 Å². The van der Waals surface area contributed by atoms with E-state index in [0.29, 0.717) is 0 Å². The van der Waals surface area contributed by atoms with Crippen LogP contribution in [-0.4, -0.2) is 49.8 Å². The van der Waals surface area contributed by atoms with Gasteiger partial charge in [0.25, 0.3) is 0 Å². The Bertz CT molecular complexity index is 8.00. The molecule has 0 atom stereocenters. The van der Waals surface area contributed by atoms with Gasteiger partial charge in [-0.15, -0.1) is 0 Å². The van der Waals surface area contributed by atoms with Gasteiger partial charge >= 0.3 is 49.8 Å². The molecule has 0 heterocycles. The van der Waals surface area contributed by atoms with Crippen molar-refractivity contribution in [2.24, 2.45) is 0 Å². The SMILES string of the molecule is S.[Cu].[InH3].[SnH2]. The molecule has 0 rings (SSSR count). The van der Waals surface area contributed by atoms with Crippen LogP contribution in [0.4, 0.5) is 0 Å². The van der Waals surface area contributed by atoms with Crippen LogP contribution in [0.1, 0.15) is 0 Å². The van der Waals surface area contributed by atoms with E-state index in [1.165, 1.54) is 0 Å². The van der Waals surface area contributed by atoms with Crippen molar-refractivity contribution in [3.63, 3.8) is 0 Å². The minimum atomic E-state index is 0. The molecular formula is H7CuInSSn. The summed E-state index contributed by atoms with van der Waals surface area (Å²) < 4.78 is 0. The predicted molar refractivity (Wildman–Crippen MR) is 28.9 cm³/mol. The van der Waals surface area contributed by atoms with E-state index in [0.717, 1.165) is 0 Å². The molecule has 0 saturated heterocycles. The van der Waals surface area contributed by atoms with Gasteiger partial charge in [-0.05, 0) is 0 Å². The molecule has 0 spiro atoms. The first-order valence-electron chi connectivity index (χ1n) is 0. The quantitative estimate of drug-likeness (QED) is 0.450. The maximum absolute atomic E-state index is 0. The monoisotopic (exact) mass is 337 g/mol. The van der Waals surface area contributed by atoms with Crippen molar-refractivity contribution in [3.05, 3.63) is 0 Å². The summed E-state index contributed by atoms with van der Waals surface area (Å²) in [5.74, 6) is 0. The Morgan fingerprint density at radius 3 is 1.00 bits per heavy atom. The summed E-state index contributed by atoms with van der Waals surface area (Å²) in [6.07, 6.45) is 0. The van der Waals surface area contributed by atoms with Crippen LogP contribution in [0.3, 0.4) is 0 Å². The molecule has 4 heavy (non-hydrogen) atoms. The first-order valence-corrected chi connectivity index (χ1v) is 0. The zero-order chi connectivity index (χ0) is 0. The maximum atomic E-state index is 0. The van der Waals surface area contributed by atoms with Crippen molar-refractivity contribution in [2.75, 3.05) is 0 Å². The van der Waals surface area contributed by atoms with Gasteiger partial charge in [0.2, 0.25) is 0 Å². The van der Waals surface area contributed by atoms with Crippen LogP contribution in [0, 0.1) is 0 Å². The van der Waals surface area contributed by atoms with Gasteiger partial charge in [-0.25, -0.2) is 0 Å². The molecule has 0 N–H and O–H groups in total. The van der Waals surface area contributed by atoms with Crippen molar-refractivity contribution in [1.29, 1.82) is 0 Å². The van der Waals surface area contributed by atoms with E-state index in [1.807, 2.05) is 0 Å². The van der Waals surface area contributed by atoms with E-state index < -0.39 is 0 Å². The molecular weight excluding hydrogens is 329 g/mol. The molecule has 31 valence electrons. The van der Waals surface area contributed by atoms with Gasteiger partial charge in [0.05, 0.1) is 0 Å². The van der Waals surface area contributed by atoms with Gasteiger partial charge in [-0.3, -0.25) is 0 Å². The van der Waals surface area contributed by atoms with Crippen LogP contribution in [0.15, 0.2) is 0 Å². The summed E-state index contributed by atoms with van der Waals surface area (Å²) in [6.45, 7) is 0. The fraction of sp³-hybridized carbons (Fsp3) is 0. The van der Waals surface area contributed by atoms with Crippen molar-refractivity contribution >= 4 is 63.2 Å². The Hall–Kier alpha value is 2.54. The molecule has 4 heteroatoms.